The molecule has 3 rings (SSSR count). The maximum Gasteiger partial charge on any atom is 0.416 e. The van der Waals surface area contributed by atoms with E-state index >= 15 is 0 Å². The van der Waals surface area contributed by atoms with Crippen molar-refractivity contribution in [1.82, 2.24) is 15.1 Å². The Morgan fingerprint density at radius 3 is 2.61 bits per heavy atom. The number of carbonyl (C=O) groups excluding carboxylic acids is 1. The Labute approximate surface area is 191 Å². The lowest BCUT2D eigenvalue weighted by molar-refractivity contribution is -0.137. The average Bonchev–Trinajstić information content (AvgIpc) is 3.04. The topological polar surface area (TPSA) is 76.4 Å². The van der Waals surface area contributed by atoms with Gasteiger partial charge in [0.2, 0.25) is 0 Å². The second kappa shape index (κ2) is 10.2. The van der Waals surface area contributed by atoms with Crippen molar-refractivity contribution in [3.63, 3.8) is 0 Å². The number of aryl methyl sites for hydroxylation is 1. The molecule has 2 N–H and O–H groups in total. The van der Waals surface area contributed by atoms with Crippen molar-refractivity contribution >= 4 is 17.5 Å². The molecule has 1 aromatic heterocycles. The van der Waals surface area contributed by atoms with E-state index in [-0.39, 0.29) is 42.0 Å². The van der Waals surface area contributed by atoms with Crippen molar-refractivity contribution in [3.05, 3.63) is 81.9 Å². The molecule has 0 radical (unpaired) electrons. The van der Waals surface area contributed by atoms with E-state index in [1.165, 1.54) is 28.9 Å². The molecule has 6 nitrogen and oxygen atoms in total. The van der Waals surface area contributed by atoms with Crippen LogP contribution in [0.4, 0.5) is 17.6 Å². The lowest BCUT2D eigenvalue weighted by Crippen LogP contribution is -2.35. The molecule has 0 aliphatic carbocycles. The molecule has 0 fully saturated rings. The summed E-state index contributed by atoms with van der Waals surface area (Å²) in [7, 11) is 0. The first kappa shape index (κ1) is 24.5. The second-order valence-corrected chi connectivity index (χ2v) is 7.59. The van der Waals surface area contributed by atoms with Crippen molar-refractivity contribution < 1.29 is 32.2 Å². The molecule has 176 valence electrons. The van der Waals surface area contributed by atoms with Gasteiger partial charge in [-0.1, -0.05) is 29.8 Å². The summed E-state index contributed by atoms with van der Waals surface area (Å²) in [6.45, 7) is 1.25. The zero-order valence-electron chi connectivity index (χ0n) is 17.4. The molecular weight excluding hydrogens is 466 g/mol. The summed E-state index contributed by atoms with van der Waals surface area (Å²) < 4.78 is 57.9. The fourth-order valence-electron chi connectivity index (χ4n) is 2.99. The van der Waals surface area contributed by atoms with Crippen LogP contribution in [0.5, 0.6) is 5.75 Å². The Hall–Kier alpha value is -3.11. The number of ether oxygens (including phenoxy) is 1. The molecule has 1 amide bonds. The van der Waals surface area contributed by atoms with Gasteiger partial charge >= 0.3 is 6.18 Å². The van der Waals surface area contributed by atoms with Crippen molar-refractivity contribution in [1.29, 1.82) is 0 Å². The molecular formula is C22H20ClF4N3O3. The highest BCUT2D eigenvalue weighted by Crippen LogP contribution is 2.31. The molecule has 1 heterocycles. The number of hydrogen-bond donors (Lipinski definition) is 2. The summed E-state index contributed by atoms with van der Waals surface area (Å²) in [6, 6.07) is 10.0. The largest absolute Gasteiger partial charge is 0.491 e. The van der Waals surface area contributed by atoms with Gasteiger partial charge in [-0.05, 0) is 42.8 Å². The molecule has 0 bridgehead atoms. The lowest BCUT2D eigenvalue weighted by Gasteiger charge is -2.14. The number of aliphatic hydroxyl groups is 1. The highest BCUT2D eigenvalue weighted by atomic mass is 35.5. The molecule has 0 aliphatic rings. The maximum absolute atomic E-state index is 13.1. The van der Waals surface area contributed by atoms with Crippen LogP contribution in [0.2, 0.25) is 5.15 Å². The van der Waals surface area contributed by atoms with Gasteiger partial charge in [-0.15, -0.1) is 0 Å². The highest BCUT2D eigenvalue weighted by Gasteiger charge is 2.30. The number of aromatic nitrogens is 2. The van der Waals surface area contributed by atoms with Crippen LogP contribution in [0.1, 0.15) is 27.2 Å². The van der Waals surface area contributed by atoms with E-state index in [2.05, 4.69) is 10.4 Å². The van der Waals surface area contributed by atoms with Crippen LogP contribution in [-0.2, 0) is 12.7 Å². The van der Waals surface area contributed by atoms with Crippen LogP contribution in [0.3, 0.4) is 0 Å². The number of benzene rings is 2. The molecule has 0 spiro atoms. The number of nitrogens with one attached hydrogen (secondary N) is 1. The molecule has 0 saturated heterocycles. The van der Waals surface area contributed by atoms with Crippen LogP contribution < -0.4 is 10.1 Å². The Balaban J connectivity index is 1.56. The van der Waals surface area contributed by atoms with E-state index in [4.69, 9.17) is 16.3 Å². The van der Waals surface area contributed by atoms with E-state index in [0.717, 1.165) is 17.7 Å². The Morgan fingerprint density at radius 1 is 1.24 bits per heavy atom. The SMILES string of the molecule is Cc1nn(Cc2ccc(F)cc2)c(Cl)c1C(=O)NCC(O)COc1cccc(C(F)(F)F)c1. The number of aliphatic hydroxyl groups excluding tert-OH is 1. The van der Waals surface area contributed by atoms with Crippen LogP contribution >= 0.6 is 11.6 Å². The van der Waals surface area contributed by atoms with E-state index in [9.17, 15) is 27.5 Å². The van der Waals surface area contributed by atoms with Gasteiger partial charge in [0.15, 0.2) is 0 Å². The van der Waals surface area contributed by atoms with Crippen molar-refractivity contribution in [2.24, 2.45) is 0 Å². The van der Waals surface area contributed by atoms with E-state index in [0.29, 0.717) is 5.69 Å². The minimum absolute atomic E-state index is 0.0591. The van der Waals surface area contributed by atoms with Crippen LogP contribution in [0.15, 0.2) is 48.5 Å². The predicted molar refractivity (Wildman–Crippen MR) is 113 cm³/mol. The normalized spacial score (nSPS) is 12.5. The lowest BCUT2D eigenvalue weighted by atomic mass is 10.2. The monoisotopic (exact) mass is 485 g/mol. The van der Waals surface area contributed by atoms with Gasteiger partial charge < -0.3 is 15.2 Å². The Kier molecular flexibility index (Phi) is 7.60. The van der Waals surface area contributed by atoms with Gasteiger partial charge in [-0.2, -0.15) is 18.3 Å². The van der Waals surface area contributed by atoms with Crippen molar-refractivity contribution in [2.75, 3.05) is 13.2 Å². The van der Waals surface area contributed by atoms with Gasteiger partial charge in [0, 0.05) is 6.54 Å². The fraction of sp³-hybridized carbons (Fsp3) is 0.273. The molecule has 33 heavy (non-hydrogen) atoms. The number of nitrogens with zero attached hydrogens (tertiary/aromatic N) is 2. The predicted octanol–water partition coefficient (Wildman–Crippen LogP) is 4.22. The number of carbonyl (C=O) groups is 1. The molecule has 0 aliphatic heterocycles. The second-order valence-electron chi connectivity index (χ2n) is 7.24. The van der Waals surface area contributed by atoms with Crippen LogP contribution in [0.25, 0.3) is 0 Å². The summed E-state index contributed by atoms with van der Waals surface area (Å²) in [5.74, 6) is -1.02. The van der Waals surface area contributed by atoms with Gasteiger partial charge in [0.25, 0.3) is 5.91 Å². The standard InChI is InChI=1S/C22H20ClF4N3O3/c1-13-19(20(23)30(29-13)11-14-5-7-16(24)8-6-14)21(32)28-10-17(31)12-33-18-4-2-3-15(9-18)22(25,26)27/h2-9,17,31H,10-12H2,1H3,(H,28,32). The number of rotatable bonds is 8. The Bertz CT molecular complexity index is 1120. The summed E-state index contributed by atoms with van der Waals surface area (Å²) in [5, 5.41) is 16.9. The molecule has 3 aromatic rings. The van der Waals surface area contributed by atoms with Crippen molar-refractivity contribution in [3.8, 4) is 5.75 Å². The minimum Gasteiger partial charge on any atom is -0.491 e. The zero-order chi connectivity index (χ0) is 24.2. The van der Waals surface area contributed by atoms with Gasteiger partial charge in [0.05, 0.1) is 23.4 Å². The minimum atomic E-state index is -4.51. The first-order valence-electron chi connectivity index (χ1n) is 9.78. The average molecular weight is 486 g/mol. The zero-order valence-corrected chi connectivity index (χ0v) is 18.1. The maximum atomic E-state index is 13.1. The highest BCUT2D eigenvalue weighted by molar-refractivity contribution is 6.33. The third-order valence-corrected chi connectivity index (χ3v) is 5.02. The van der Waals surface area contributed by atoms with Gasteiger partial charge in [0.1, 0.15) is 29.4 Å². The van der Waals surface area contributed by atoms with E-state index in [1.54, 1.807) is 19.1 Å². The quantitative estimate of drug-likeness (QED) is 0.468. The smallest absolute Gasteiger partial charge is 0.416 e. The summed E-state index contributed by atoms with van der Waals surface area (Å²) >= 11 is 6.30. The summed E-state index contributed by atoms with van der Waals surface area (Å²) in [6.07, 6.45) is -5.69. The van der Waals surface area contributed by atoms with E-state index < -0.39 is 23.8 Å². The number of alkyl halides is 3. The van der Waals surface area contributed by atoms with Crippen LogP contribution in [-0.4, -0.2) is 40.0 Å². The van der Waals surface area contributed by atoms with Gasteiger partial charge in [-0.3, -0.25) is 4.79 Å². The van der Waals surface area contributed by atoms with E-state index in [1.807, 2.05) is 0 Å². The summed E-state index contributed by atoms with van der Waals surface area (Å²) in [4.78, 5) is 12.6. The first-order valence-corrected chi connectivity index (χ1v) is 10.2. The van der Waals surface area contributed by atoms with Crippen molar-refractivity contribution in [2.45, 2.75) is 25.7 Å². The fourth-order valence-corrected chi connectivity index (χ4v) is 3.31. The van der Waals surface area contributed by atoms with Gasteiger partial charge in [-0.25, -0.2) is 9.07 Å². The number of halogens is 5. The molecule has 1 unspecified atom stereocenters. The molecule has 0 saturated carbocycles. The third-order valence-electron chi connectivity index (χ3n) is 4.64. The van der Waals surface area contributed by atoms with Crippen LogP contribution in [0, 0.1) is 12.7 Å². The molecule has 2 aromatic carbocycles. The third kappa shape index (κ3) is 6.45. The number of hydrogen-bond acceptors (Lipinski definition) is 4. The first-order chi connectivity index (χ1) is 15.5. The summed E-state index contributed by atoms with van der Waals surface area (Å²) in [5.41, 5.74) is 0.333. The Morgan fingerprint density at radius 2 is 1.94 bits per heavy atom. The molecule has 1 atom stereocenters. The number of amides is 1. The molecule has 11 heteroatoms.